The molecule has 0 fully saturated rings. The first-order valence-corrected chi connectivity index (χ1v) is 6.67. The highest BCUT2D eigenvalue weighted by atomic mass is 79.9. The molecule has 6 nitrogen and oxygen atoms in total. The molecular weight excluding hydrogens is 328 g/mol. The van der Waals surface area contributed by atoms with Crippen LogP contribution in [0.4, 0.5) is 5.69 Å². The summed E-state index contributed by atoms with van der Waals surface area (Å²) >= 11 is 3.11. The Bertz CT molecular complexity index is 564. The fourth-order valence-corrected chi connectivity index (χ4v) is 1.82. The second-order valence-corrected chi connectivity index (χ2v) is 6.23. The number of hydrogen-bond donors (Lipinski definition) is 1. The first-order valence-electron chi connectivity index (χ1n) is 5.88. The van der Waals surface area contributed by atoms with E-state index in [-0.39, 0.29) is 23.6 Å². The van der Waals surface area contributed by atoms with Crippen LogP contribution in [0.2, 0.25) is 0 Å². The molecule has 0 spiro atoms. The lowest BCUT2D eigenvalue weighted by molar-refractivity contribution is -0.385. The van der Waals surface area contributed by atoms with Gasteiger partial charge in [-0.3, -0.25) is 19.7 Å². The van der Waals surface area contributed by atoms with Crippen molar-refractivity contribution in [3.05, 3.63) is 38.3 Å². The minimum Gasteiger partial charge on any atom is -0.345 e. The van der Waals surface area contributed by atoms with Crippen LogP contribution in [-0.2, 0) is 4.79 Å². The summed E-state index contributed by atoms with van der Waals surface area (Å²) in [5.41, 5.74) is -0.601. The van der Waals surface area contributed by atoms with E-state index < -0.39 is 16.2 Å². The standard InChI is InChI=1S/C13H15BrN2O4/c1-13(2,3)11(17)7-15-12(18)8-4-9(14)6-10(5-8)16(19)20/h4-6H,7H2,1-3H3,(H,15,18). The Morgan fingerprint density at radius 1 is 1.30 bits per heavy atom. The summed E-state index contributed by atoms with van der Waals surface area (Å²) in [7, 11) is 0. The maximum absolute atomic E-state index is 11.9. The van der Waals surface area contributed by atoms with Gasteiger partial charge in [0, 0.05) is 27.6 Å². The Morgan fingerprint density at radius 3 is 2.40 bits per heavy atom. The van der Waals surface area contributed by atoms with Crippen LogP contribution in [0.25, 0.3) is 0 Å². The van der Waals surface area contributed by atoms with Crippen molar-refractivity contribution in [3.63, 3.8) is 0 Å². The molecule has 1 amide bonds. The number of nitro benzene ring substituents is 1. The van der Waals surface area contributed by atoms with E-state index in [0.29, 0.717) is 4.47 Å². The molecule has 0 radical (unpaired) electrons. The number of carbonyl (C=O) groups is 2. The minimum atomic E-state index is -0.582. The van der Waals surface area contributed by atoms with Gasteiger partial charge >= 0.3 is 0 Å². The summed E-state index contributed by atoms with van der Waals surface area (Å²) in [5, 5.41) is 13.2. The van der Waals surface area contributed by atoms with E-state index >= 15 is 0 Å². The third-order valence-corrected chi connectivity index (χ3v) is 3.06. The number of Topliss-reactive ketones (excluding diaryl/α,β-unsaturated/α-hetero) is 1. The van der Waals surface area contributed by atoms with Crippen molar-refractivity contribution in [2.45, 2.75) is 20.8 Å². The van der Waals surface area contributed by atoms with Crippen molar-refractivity contribution in [2.24, 2.45) is 5.41 Å². The molecule has 0 aromatic heterocycles. The number of hydrogen-bond acceptors (Lipinski definition) is 4. The summed E-state index contributed by atoms with van der Waals surface area (Å²) < 4.78 is 0.430. The number of non-ortho nitro benzene ring substituents is 1. The topological polar surface area (TPSA) is 89.3 Å². The summed E-state index contributed by atoms with van der Waals surface area (Å²) in [6, 6.07) is 3.93. The first-order chi connectivity index (χ1) is 9.11. The molecule has 1 aromatic carbocycles. The average Bonchev–Trinajstić information content (AvgIpc) is 2.33. The van der Waals surface area contributed by atoms with Crippen molar-refractivity contribution < 1.29 is 14.5 Å². The number of rotatable bonds is 4. The zero-order chi connectivity index (χ0) is 15.5. The summed E-state index contributed by atoms with van der Waals surface area (Å²) in [6.07, 6.45) is 0. The number of halogens is 1. The van der Waals surface area contributed by atoms with Gasteiger partial charge in [0.1, 0.15) is 0 Å². The number of benzene rings is 1. The number of nitro groups is 1. The van der Waals surface area contributed by atoms with Gasteiger partial charge in [-0.1, -0.05) is 36.7 Å². The molecule has 0 aliphatic rings. The molecule has 0 heterocycles. The highest BCUT2D eigenvalue weighted by Gasteiger charge is 2.22. The zero-order valence-electron chi connectivity index (χ0n) is 11.4. The molecule has 0 saturated heterocycles. The lowest BCUT2D eigenvalue weighted by Gasteiger charge is -2.16. The molecule has 0 unspecified atom stereocenters. The molecule has 0 saturated carbocycles. The van der Waals surface area contributed by atoms with Gasteiger partial charge < -0.3 is 5.32 Å². The maximum atomic E-state index is 11.9. The molecule has 1 aromatic rings. The SMILES string of the molecule is CC(C)(C)C(=O)CNC(=O)c1cc(Br)cc([N+](=O)[O-])c1. The number of nitrogens with zero attached hydrogens (tertiary/aromatic N) is 1. The molecule has 0 aliphatic heterocycles. The van der Waals surface area contributed by atoms with Crippen molar-refractivity contribution in [2.75, 3.05) is 6.54 Å². The van der Waals surface area contributed by atoms with E-state index in [4.69, 9.17) is 0 Å². The smallest absolute Gasteiger partial charge is 0.271 e. The van der Waals surface area contributed by atoms with Gasteiger partial charge in [-0.15, -0.1) is 0 Å². The number of ketones is 1. The number of amides is 1. The Kier molecular flexibility index (Phi) is 4.99. The van der Waals surface area contributed by atoms with Gasteiger partial charge in [0.15, 0.2) is 5.78 Å². The minimum absolute atomic E-state index is 0.108. The van der Waals surface area contributed by atoms with Gasteiger partial charge in [0.05, 0.1) is 11.5 Å². The molecule has 108 valence electrons. The molecular formula is C13H15BrN2O4. The van der Waals surface area contributed by atoms with Gasteiger partial charge in [-0.2, -0.15) is 0 Å². The zero-order valence-corrected chi connectivity index (χ0v) is 13.0. The van der Waals surface area contributed by atoms with Crippen molar-refractivity contribution >= 4 is 33.3 Å². The van der Waals surface area contributed by atoms with E-state index in [9.17, 15) is 19.7 Å². The predicted molar refractivity (Wildman–Crippen MR) is 77.6 cm³/mol. The molecule has 0 atom stereocenters. The maximum Gasteiger partial charge on any atom is 0.271 e. The molecule has 7 heteroatoms. The number of carbonyl (C=O) groups excluding carboxylic acids is 2. The molecule has 0 bridgehead atoms. The largest absolute Gasteiger partial charge is 0.345 e. The van der Waals surface area contributed by atoms with E-state index in [1.54, 1.807) is 20.8 Å². The monoisotopic (exact) mass is 342 g/mol. The van der Waals surface area contributed by atoms with Crippen molar-refractivity contribution in [1.82, 2.24) is 5.32 Å². The van der Waals surface area contributed by atoms with Crippen LogP contribution < -0.4 is 5.32 Å². The van der Waals surface area contributed by atoms with Gasteiger partial charge in [-0.05, 0) is 6.07 Å². The summed E-state index contributed by atoms with van der Waals surface area (Å²) in [5.74, 6) is -0.637. The second-order valence-electron chi connectivity index (χ2n) is 5.31. The van der Waals surface area contributed by atoms with Crippen LogP contribution in [0.5, 0.6) is 0 Å². The third kappa shape index (κ3) is 4.41. The molecule has 1 rings (SSSR count). The quantitative estimate of drug-likeness (QED) is 0.672. The average molecular weight is 343 g/mol. The van der Waals surface area contributed by atoms with Crippen LogP contribution in [0, 0.1) is 15.5 Å². The lowest BCUT2D eigenvalue weighted by atomic mass is 9.91. The van der Waals surface area contributed by atoms with Crippen LogP contribution in [0.15, 0.2) is 22.7 Å². The van der Waals surface area contributed by atoms with Crippen LogP contribution in [0.1, 0.15) is 31.1 Å². The summed E-state index contributed by atoms with van der Waals surface area (Å²) in [4.78, 5) is 33.7. The van der Waals surface area contributed by atoms with Crippen LogP contribution >= 0.6 is 15.9 Å². The molecule has 0 aliphatic carbocycles. The third-order valence-electron chi connectivity index (χ3n) is 2.60. The Hall–Kier alpha value is -1.76. The molecule has 1 N–H and O–H groups in total. The van der Waals surface area contributed by atoms with E-state index in [0.717, 1.165) is 0 Å². The fourth-order valence-electron chi connectivity index (χ4n) is 1.34. The van der Waals surface area contributed by atoms with Crippen molar-refractivity contribution in [1.29, 1.82) is 0 Å². The lowest BCUT2D eigenvalue weighted by Crippen LogP contribution is -2.35. The highest BCUT2D eigenvalue weighted by Crippen LogP contribution is 2.21. The Labute approximate surface area is 124 Å². The predicted octanol–water partition coefficient (Wildman–Crippen LogP) is 2.70. The van der Waals surface area contributed by atoms with Gasteiger partial charge in [0.25, 0.3) is 11.6 Å². The van der Waals surface area contributed by atoms with Crippen LogP contribution in [0.3, 0.4) is 0 Å². The Balaban J connectivity index is 2.83. The second kappa shape index (κ2) is 6.13. The fraction of sp³-hybridized carbons (Fsp3) is 0.385. The highest BCUT2D eigenvalue weighted by molar-refractivity contribution is 9.10. The van der Waals surface area contributed by atoms with E-state index in [2.05, 4.69) is 21.2 Å². The normalized spacial score (nSPS) is 11.0. The van der Waals surface area contributed by atoms with E-state index in [1.165, 1.54) is 18.2 Å². The summed E-state index contributed by atoms with van der Waals surface area (Å²) in [6.45, 7) is 5.16. The Morgan fingerprint density at radius 2 is 1.90 bits per heavy atom. The van der Waals surface area contributed by atoms with Crippen molar-refractivity contribution in [3.8, 4) is 0 Å². The van der Waals surface area contributed by atoms with Crippen LogP contribution in [-0.4, -0.2) is 23.2 Å². The van der Waals surface area contributed by atoms with Gasteiger partial charge in [-0.25, -0.2) is 0 Å². The van der Waals surface area contributed by atoms with Gasteiger partial charge in [0.2, 0.25) is 0 Å². The first kappa shape index (κ1) is 16.3. The number of nitrogens with one attached hydrogen (secondary N) is 1. The molecule has 20 heavy (non-hydrogen) atoms. The van der Waals surface area contributed by atoms with E-state index in [1.807, 2.05) is 0 Å².